The Morgan fingerprint density at radius 2 is 2.05 bits per heavy atom. The van der Waals surface area contributed by atoms with E-state index in [1.54, 1.807) is 4.90 Å². The van der Waals surface area contributed by atoms with Crippen molar-refractivity contribution in [2.45, 2.75) is 31.1 Å². The maximum Gasteiger partial charge on any atom is 0.214 e. The van der Waals surface area contributed by atoms with Crippen LogP contribution in [0.15, 0.2) is 23.1 Å². The molecule has 3 nitrogen and oxygen atoms in total. The van der Waals surface area contributed by atoms with E-state index in [9.17, 15) is 4.79 Å². The number of carbonyl (C=O) groups excluding carboxylic acids is 1. The van der Waals surface area contributed by atoms with Crippen LogP contribution in [-0.4, -0.2) is 36.2 Å². The van der Waals surface area contributed by atoms with E-state index in [-0.39, 0.29) is 10.7 Å². The number of amides is 1. The number of nitrogens with zero attached hydrogens (tertiary/aromatic N) is 2. The highest BCUT2D eigenvalue weighted by atomic mass is 32.2. The summed E-state index contributed by atoms with van der Waals surface area (Å²) in [5.41, 5.74) is 2.37. The van der Waals surface area contributed by atoms with Crippen LogP contribution < -0.4 is 4.90 Å². The molecule has 2 heterocycles. The van der Waals surface area contributed by atoms with E-state index in [0.717, 1.165) is 44.1 Å². The first-order valence-electron chi connectivity index (χ1n) is 7.33. The van der Waals surface area contributed by atoms with Gasteiger partial charge in [0, 0.05) is 30.2 Å². The van der Waals surface area contributed by atoms with Crippen molar-refractivity contribution in [2.75, 3.05) is 24.5 Å². The fourth-order valence-electron chi connectivity index (χ4n) is 3.01. The average Bonchev–Trinajstić information content (AvgIpc) is 2.89. The van der Waals surface area contributed by atoms with Crippen LogP contribution >= 0.6 is 10.7 Å². The van der Waals surface area contributed by atoms with Gasteiger partial charge in [0.1, 0.15) is 0 Å². The molecule has 0 saturated carbocycles. The fourth-order valence-corrected chi connectivity index (χ4v) is 4.47. The smallest absolute Gasteiger partial charge is 0.214 e. The van der Waals surface area contributed by atoms with Gasteiger partial charge in [0.05, 0.1) is 0 Å². The molecular weight excluding hydrogens is 268 g/mol. The predicted octanol–water partition coefficient (Wildman–Crippen LogP) is 2.91. The number of hydrogen-bond donors (Lipinski definition) is 0. The molecule has 1 saturated heterocycles. The highest BCUT2D eigenvalue weighted by Gasteiger charge is 2.21. The van der Waals surface area contributed by atoms with Crippen LogP contribution in [0, 0.1) is 5.92 Å². The van der Waals surface area contributed by atoms with Gasteiger partial charge >= 0.3 is 0 Å². The van der Waals surface area contributed by atoms with Crippen molar-refractivity contribution in [2.24, 2.45) is 5.92 Å². The molecule has 0 radical (unpaired) electrons. The zero-order valence-corrected chi connectivity index (χ0v) is 12.9. The monoisotopic (exact) mass is 290 g/mol. The quantitative estimate of drug-likeness (QED) is 0.631. The van der Waals surface area contributed by atoms with Gasteiger partial charge in [-0.05, 0) is 48.9 Å². The van der Waals surface area contributed by atoms with E-state index >= 15 is 0 Å². The molecule has 2 aliphatic heterocycles. The fraction of sp³-hybridized carbons (Fsp3) is 0.500. The number of hydrogen-bond acceptors (Lipinski definition) is 2. The zero-order valence-electron chi connectivity index (χ0n) is 12.0. The van der Waals surface area contributed by atoms with Crippen LogP contribution in [0.3, 0.4) is 0 Å². The van der Waals surface area contributed by atoms with Gasteiger partial charge in [-0.1, -0.05) is 23.5 Å². The second kappa shape index (κ2) is 5.70. The maximum absolute atomic E-state index is 11.0. The molecule has 0 aromatic heterocycles. The van der Waals surface area contributed by atoms with E-state index in [4.69, 9.17) is 0 Å². The number of piperidine rings is 1. The first-order valence-corrected chi connectivity index (χ1v) is 8.68. The molecule has 1 atom stereocenters. The van der Waals surface area contributed by atoms with Crippen LogP contribution in [0.4, 0.5) is 5.69 Å². The third kappa shape index (κ3) is 2.54. The number of anilines is 1. The summed E-state index contributed by atoms with van der Waals surface area (Å²) >= 11 is 0. The van der Waals surface area contributed by atoms with E-state index in [1.165, 1.54) is 23.3 Å². The van der Waals surface area contributed by atoms with Gasteiger partial charge in [-0.15, -0.1) is 0 Å². The summed E-state index contributed by atoms with van der Waals surface area (Å²) in [7, 11) is -0.0639. The van der Waals surface area contributed by atoms with Gasteiger partial charge in [0.2, 0.25) is 6.41 Å². The second-order valence-corrected chi connectivity index (χ2v) is 7.53. The number of fused-ring (bicyclic) bond motifs is 1. The first kappa shape index (κ1) is 13.8. The van der Waals surface area contributed by atoms with Gasteiger partial charge in [0.15, 0.2) is 0 Å². The van der Waals surface area contributed by atoms with Crippen LogP contribution in [0.2, 0.25) is 0 Å². The highest BCUT2D eigenvalue weighted by molar-refractivity contribution is 8.12. The highest BCUT2D eigenvalue weighted by Crippen LogP contribution is 2.37. The lowest BCUT2D eigenvalue weighted by Crippen LogP contribution is -2.28. The zero-order chi connectivity index (χ0) is 14.1. The largest absolute Gasteiger partial charge is 0.314 e. The van der Waals surface area contributed by atoms with E-state index < -0.39 is 0 Å². The maximum atomic E-state index is 11.0. The van der Waals surface area contributed by atoms with Crippen LogP contribution in [-0.2, 0) is 11.2 Å². The number of rotatable bonds is 3. The van der Waals surface area contributed by atoms with Crippen molar-refractivity contribution in [1.82, 2.24) is 4.31 Å². The summed E-state index contributed by atoms with van der Waals surface area (Å²) in [5.74, 6) is 5.24. The molecule has 1 fully saturated rings. The molecule has 1 aromatic rings. The van der Waals surface area contributed by atoms with Crippen LogP contribution in [0.25, 0.3) is 0 Å². The first-order chi connectivity index (χ1) is 9.69. The predicted molar refractivity (Wildman–Crippen MR) is 86.5 cm³/mol. The van der Waals surface area contributed by atoms with E-state index in [2.05, 4.69) is 35.3 Å². The van der Waals surface area contributed by atoms with Crippen molar-refractivity contribution in [3.63, 3.8) is 0 Å². The van der Waals surface area contributed by atoms with Crippen molar-refractivity contribution in [1.29, 1.82) is 0 Å². The van der Waals surface area contributed by atoms with Crippen LogP contribution in [0.1, 0.15) is 25.3 Å². The van der Waals surface area contributed by atoms with Crippen molar-refractivity contribution < 1.29 is 4.79 Å². The Morgan fingerprint density at radius 3 is 2.75 bits per heavy atom. The SMILES string of the molecule is C=S(c1ccc2c(c1)CCN2C=O)N1CCC(C)CC1. The van der Waals surface area contributed by atoms with Gasteiger partial charge in [-0.2, -0.15) is 0 Å². The minimum Gasteiger partial charge on any atom is -0.314 e. The van der Waals surface area contributed by atoms with Gasteiger partial charge in [0.25, 0.3) is 0 Å². The Balaban J connectivity index is 1.78. The Hall–Kier alpha value is -1.13. The molecule has 0 spiro atoms. The molecule has 0 aliphatic carbocycles. The normalized spacial score (nSPS) is 21.8. The van der Waals surface area contributed by atoms with Gasteiger partial charge in [-0.25, -0.2) is 0 Å². The lowest BCUT2D eigenvalue weighted by molar-refractivity contribution is -0.107. The molecule has 2 aliphatic rings. The minimum absolute atomic E-state index is 0.0639. The van der Waals surface area contributed by atoms with E-state index in [0.29, 0.717) is 0 Å². The van der Waals surface area contributed by atoms with Crippen molar-refractivity contribution >= 4 is 28.6 Å². The standard InChI is InChI=1S/C16H22N2OS/c1-13-5-9-18(10-6-13)20(2)15-3-4-16-14(11-15)7-8-17(16)12-19/h3-4,11-13H,2,5-10H2,1H3. The van der Waals surface area contributed by atoms with Crippen molar-refractivity contribution in [3.8, 4) is 0 Å². The van der Waals surface area contributed by atoms with Gasteiger partial charge in [-0.3, -0.25) is 9.10 Å². The molecule has 1 unspecified atom stereocenters. The number of benzene rings is 1. The summed E-state index contributed by atoms with van der Waals surface area (Å²) in [6.07, 6.45) is 4.46. The summed E-state index contributed by atoms with van der Waals surface area (Å²) in [5, 5.41) is 0. The van der Waals surface area contributed by atoms with E-state index in [1.807, 2.05) is 0 Å². The summed E-state index contributed by atoms with van der Waals surface area (Å²) in [6, 6.07) is 6.49. The molecule has 0 bridgehead atoms. The lowest BCUT2D eigenvalue weighted by Gasteiger charge is -2.32. The topological polar surface area (TPSA) is 23.6 Å². The van der Waals surface area contributed by atoms with Crippen LogP contribution in [0.5, 0.6) is 0 Å². The number of carbonyl (C=O) groups is 1. The molecule has 1 aromatic carbocycles. The average molecular weight is 290 g/mol. The second-order valence-electron chi connectivity index (χ2n) is 5.82. The third-order valence-corrected chi connectivity index (χ3v) is 6.22. The third-order valence-electron chi connectivity index (χ3n) is 4.44. The molecule has 4 heteroatoms. The Morgan fingerprint density at radius 1 is 1.30 bits per heavy atom. The molecular formula is C16H22N2OS. The lowest BCUT2D eigenvalue weighted by atomic mass is 10.0. The van der Waals surface area contributed by atoms with Gasteiger partial charge < -0.3 is 4.90 Å². The summed E-state index contributed by atoms with van der Waals surface area (Å²) in [6.45, 7) is 5.47. The molecule has 1 amide bonds. The molecule has 108 valence electrons. The Kier molecular flexibility index (Phi) is 3.94. The molecule has 20 heavy (non-hydrogen) atoms. The molecule has 0 N–H and O–H groups in total. The molecule has 3 rings (SSSR count). The summed E-state index contributed by atoms with van der Waals surface area (Å²) in [4.78, 5) is 14.1. The Bertz CT molecular complexity index is 535. The van der Waals surface area contributed by atoms with Crippen molar-refractivity contribution in [3.05, 3.63) is 23.8 Å². The summed E-state index contributed by atoms with van der Waals surface area (Å²) < 4.78 is 2.51. The Labute approximate surface area is 123 Å². The minimum atomic E-state index is -0.0639.